The van der Waals surface area contributed by atoms with E-state index in [4.69, 9.17) is 5.73 Å². The topological polar surface area (TPSA) is 81.4 Å². The van der Waals surface area contributed by atoms with E-state index >= 15 is 0 Å². The summed E-state index contributed by atoms with van der Waals surface area (Å²) < 4.78 is 29.3. The molecule has 2 aromatic rings. The van der Waals surface area contributed by atoms with Crippen molar-refractivity contribution in [3.63, 3.8) is 0 Å². The Kier molecular flexibility index (Phi) is 5.69. The van der Waals surface area contributed by atoms with E-state index in [2.05, 4.69) is 10.1 Å². The smallest absolute Gasteiger partial charge is 0.387 e. The second-order valence-electron chi connectivity index (χ2n) is 5.61. The van der Waals surface area contributed by atoms with Crippen molar-refractivity contribution < 1.29 is 23.1 Å². The molecule has 2 amide bonds. The Morgan fingerprint density at radius 1 is 1.12 bits per heavy atom. The van der Waals surface area contributed by atoms with Crippen molar-refractivity contribution in [1.29, 1.82) is 0 Å². The molecule has 0 atom stereocenters. The van der Waals surface area contributed by atoms with Gasteiger partial charge in [0, 0.05) is 11.3 Å². The van der Waals surface area contributed by atoms with E-state index in [-0.39, 0.29) is 18.1 Å². The van der Waals surface area contributed by atoms with E-state index in [1.165, 1.54) is 12.1 Å². The van der Waals surface area contributed by atoms with Crippen LogP contribution in [0, 0.1) is 13.8 Å². The van der Waals surface area contributed by atoms with Gasteiger partial charge in [-0.25, -0.2) is 0 Å². The highest BCUT2D eigenvalue weighted by Crippen LogP contribution is 2.27. The molecule has 132 valence electrons. The van der Waals surface area contributed by atoms with Crippen molar-refractivity contribution in [2.45, 2.75) is 26.9 Å². The standard InChI is InChI=1S/C18H18F2N2O3/c1-10-7-13(8-11(2)16(10)25-18(19)20)17(24)22-14-5-3-12(4-6-14)9-15(21)23/h3-8,18H,9H2,1-2H3,(H2,21,23)(H,22,24). The van der Waals surface area contributed by atoms with Gasteiger partial charge in [0.2, 0.25) is 5.91 Å². The van der Waals surface area contributed by atoms with Crippen LogP contribution in [0.2, 0.25) is 0 Å². The van der Waals surface area contributed by atoms with Gasteiger partial charge in [-0.05, 0) is 54.8 Å². The highest BCUT2D eigenvalue weighted by molar-refractivity contribution is 6.04. The molecule has 5 nitrogen and oxygen atoms in total. The zero-order valence-corrected chi connectivity index (χ0v) is 13.8. The van der Waals surface area contributed by atoms with E-state index < -0.39 is 12.5 Å². The summed E-state index contributed by atoms with van der Waals surface area (Å²) in [6.45, 7) is 0.274. The average molecular weight is 348 g/mol. The first-order valence-electron chi connectivity index (χ1n) is 7.51. The van der Waals surface area contributed by atoms with Gasteiger partial charge in [-0.1, -0.05) is 12.1 Å². The maximum atomic E-state index is 12.4. The van der Waals surface area contributed by atoms with E-state index in [0.717, 1.165) is 5.56 Å². The lowest BCUT2D eigenvalue weighted by molar-refractivity contribution is -0.117. The van der Waals surface area contributed by atoms with E-state index in [0.29, 0.717) is 22.4 Å². The van der Waals surface area contributed by atoms with Gasteiger partial charge >= 0.3 is 6.61 Å². The Hall–Kier alpha value is -2.96. The number of nitrogens with one attached hydrogen (secondary N) is 1. The summed E-state index contributed by atoms with van der Waals surface area (Å²) in [5.74, 6) is -0.742. The van der Waals surface area contributed by atoms with Crippen LogP contribution < -0.4 is 15.8 Å². The number of aryl methyl sites for hydroxylation is 2. The SMILES string of the molecule is Cc1cc(C(=O)Nc2ccc(CC(N)=O)cc2)cc(C)c1OC(F)F. The molecule has 0 saturated heterocycles. The predicted molar refractivity (Wildman–Crippen MR) is 89.8 cm³/mol. The van der Waals surface area contributed by atoms with E-state index in [1.54, 1.807) is 38.1 Å². The number of ether oxygens (including phenoxy) is 1. The fourth-order valence-corrected chi connectivity index (χ4v) is 2.47. The van der Waals surface area contributed by atoms with Gasteiger partial charge in [0.15, 0.2) is 0 Å². The Balaban J connectivity index is 2.14. The Labute approximate surface area is 143 Å². The van der Waals surface area contributed by atoms with E-state index in [9.17, 15) is 18.4 Å². The van der Waals surface area contributed by atoms with Crippen molar-refractivity contribution in [2.24, 2.45) is 5.73 Å². The minimum Gasteiger partial charge on any atom is -0.434 e. The van der Waals surface area contributed by atoms with Crippen LogP contribution >= 0.6 is 0 Å². The van der Waals surface area contributed by atoms with Crippen molar-refractivity contribution in [2.75, 3.05) is 5.32 Å². The van der Waals surface area contributed by atoms with Crippen LogP contribution in [0.1, 0.15) is 27.0 Å². The van der Waals surface area contributed by atoms with Crippen LogP contribution in [0.3, 0.4) is 0 Å². The third kappa shape index (κ3) is 5.00. The van der Waals surface area contributed by atoms with Gasteiger partial charge in [0.1, 0.15) is 5.75 Å². The number of primary amides is 1. The largest absolute Gasteiger partial charge is 0.434 e. The highest BCUT2D eigenvalue weighted by atomic mass is 19.3. The van der Waals surface area contributed by atoms with Crippen LogP contribution in [0.4, 0.5) is 14.5 Å². The second-order valence-corrected chi connectivity index (χ2v) is 5.61. The monoisotopic (exact) mass is 348 g/mol. The van der Waals surface area contributed by atoms with Gasteiger partial charge < -0.3 is 15.8 Å². The zero-order chi connectivity index (χ0) is 18.6. The van der Waals surface area contributed by atoms with Crippen LogP contribution in [0.5, 0.6) is 5.75 Å². The summed E-state index contributed by atoms with van der Waals surface area (Å²) in [6, 6.07) is 9.67. The number of hydrogen-bond donors (Lipinski definition) is 2. The number of halogens is 2. The molecule has 0 heterocycles. The number of carbonyl (C=O) groups is 2. The molecule has 0 aliphatic carbocycles. The van der Waals surface area contributed by atoms with Gasteiger partial charge in [-0.15, -0.1) is 0 Å². The third-order valence-electron chi connectivity index (χ3n) is 3.52. The van der Waals surface area contributed by atoms with Crippen LogP contribution in [0.15, 0.2) is 36.4 Å². The third-order valence-corrected chi connectivity index (χ3v) is 3.52. The molecular formula is C18H18F2N2O3. The Bertz CT molecular complexity index is 766. The lowest BCUT2D eigenvalue weighted by Gasteiger charge is -2.13. The number of amides is 2. The molecule has 0 bridgehead atoms. The Morgan fingerprint density at radius 3 is 2.16 bits per heavy atom. The number of anilines is 1. The number of carbonyl (C=O) groups excluding carboxylic acids is 2. The number of alkyl halides is 2. The molecule has 2 rings (SSSR count). The molecule has 0 unspecified atom stereocenters. The molecule has 0 aromatic heterocycles. The molecule has 3 N–H and O–H groups in total. The predicted octanol–water partition coefficient (Wildman–Crippen LogP) is 3.18. The van der Waals surface area contributed by atoms with Crippen molar-refractivity contribution in [1.82, 2.24) is 0 Å². The fraction of sp³-hybridized carbons (Fsp3) is 0.222. The fourth-order valence-electron chi connectivity index (χ4n) is 2.47. The normalized spacial score (nSPS) is 10.6. The average Bonchev–Trinajstić information content (AvgIpc) is 2.51. The number of nitrogens with two attached hydrogens (primary N) is 1. The van der Waals surface area contributed by atoms with Crippen molar-refractivity contribution in [3.8, 4) is 5.75 Å². The van der Waals surface area contributed by atoms with Crippen LogP contribution in [0.25, 0.3) is 0 Å². The summed E-state index contributed by atoms with van der Waals surface area (Å²) in [6.07, 6.45) is 0.123. The first-order chi connectivity index (χ1) is 11.8. The lowest BCUT2D eigenvalue weighted by Crippen LogP contribution is -2.14. The molecule has 0 saturated carbocycles. The Morgan fingerprint density at radius 2 is 1.68 bits per heavy atom. The van der Waals surface area contributed by atoms with Gasteiger partial charge in [0.05, 0.1) is 6.42 Å². The first kappa shape index (κ1) is 18.4. The minimum absolute atomic E-state index is 0.0716. The summed E-state index contributed by atoms with van der Waals surface area (Å²) in [4.78, 5) is 23.2. The van der Waals surface area contributed by atoms with Crippen molar-refractivity contribution >= 4 is 17.5 Å². The van der Waals surface area contributed by atoms with Gasteiger partial charge in [-0.3, -0.25) is 9.59 Å². The number of benzene rings is 2. The molecule has 0 fully saturated rings. The maximum absolute atomic E-state index is 12.4. The first-order valence-corrected chi connectivity index (χ1v) is 7.51. The number of hydrogen-bond acceptors (Lipinski definition) is 3. The molecule has 0 spiro atoms. The molecule has 7 heteroatoms. The maximum Gasteiger partial charge on any atom is 0.387 e. The zero-order valence-electron chi connectivity index (χ0n) is 13.8. The van der Waals surface area contributed by atoms with Crippen molar-refractivity contribution in [3.05, 3.63) is 58.7 Å². The quantitative estimate of drug-likeness (QED) is 0.841. The van der Waals surface area contributed by atoms with Crippen LogP contribution in [-0.2, 0) is 11.2 Å². The minimum atomic E-state index is -2.92. The molecule has 0 aliphatic rings. The molecule has 0 aliphatic heterocycles. The lowest BCUT2D eigenvalue weighted by atomic mass is 10.0. The molecule has 2 aromatic carbocycles. The molecule has 0 radical (unpaired) electrons. The highest BCUT2D eigenvalue weighted by Gasteiger charge is 2.15. The second kappa shape index (κ2) is 7.74. The summed E-state index contributed by atoms with van der Waals surface area (Å²) in [5, 5.41) is 2.71. The van der Waals surface area contributed by atoms with Crippen LogP contribution in [-0.4, -0.2) is 18.4 Å². The molecular weight excluding hydrogens is 330 g/mol. The van der Waals surface area contributed by atoms with E-state index in [1.807, 2.05) is 0 Å². The summed E-state index contributed by atoms with van der Waals surface area (Å²) in [5.41, 5.74) is 7.63. The van der Waals surface area contributed by atoms with Gasteiger partial charge in [0.25, 0.3) is 5.91 Å². The van der Waals surface area contributed by atoms with Gasteiger partial charge in [-0.2, -0.15) is 8.78 Å². The number of rotatable bonds is 6. The summed E-state index contributed by atoms with van der Waals surface area (Å²) in [7, 11) is 0. The summed E-state index contributed by atoms with van der Waals surface area (Å²) >= 11 is 0. The molecule has 25 heavy (non-hydrogen) atoms.